The number of carbonyl (C=O) groups excluding carboxylic acids is 3. The lowest BCUT2D eigenvalue weighted by Crippen LogP contribution is -2.58. The number of rotatable bonds is 1. The first-order valence-corrected chi connectivity index (χ1v) is 7.83. The third-order valence-electron chi connectivity index (χ3n) is 4.52. The summed E-state index contributed by atoms with van der Waals surface area (Å²) in [5.41, 5.74) is -0.498. The maximum atomic E-state index is 12.2. The molecular weight excluding hydrogens is 286 g/mol. The number of likely N-dealkylation sites (tertiary alicyclic amines) is 2. The summed E-state index contributed by atoms with van der Waals surface area (Å²) in [4.78, 5) is 39.4. The molecule has 3 rings (SSSR count). The molecule has 0 saturated carbocycles. The predicted octanol–water partition coefficient (Wildman–Crippen LogP) is 0.485. The maximum absolute atomic E-state index is 12.2. The average molecular weight is 309 g/mol. The van der Waals surface area contributed by atoms with Gasteiger partial charge < -0.3 is 9.64 Å². The molecule has 1 N–H and O–H groups in total. The lowest BCUT2D eigenvalue weighted by molar-refractivity contribution is -0.138. The van der Waals surface area contributed by atoms with Gasteiger partial charge in [0.1, 0.15) is 5.60 Å². The third kappa shape index (κ3) is 2.82. The molecule has 0 radical (unpaired) electrons. The Morgan fingerprint density at radius 3 is 2.50 bits per heavy atom. The summed E-state index contributed by atoms with van der Waals surface area (Å²) < 4.78 is 5.43. The molecule has 0 spiro atoms. The molecule has 3 amide bonds. The van der Waals surface area contributed by atoms with E-state index in [2.05, 4.69) is 10.2 Å². The number of piperazine rings is 1. The zero-order chi connectivity index (χ0) is 16.1. The van der Waals surface area contributed by atoms with Gasteiger partial charge in [-0.3, -0.25) is 19.8 Å². The van der Waals surface area contributed by atoms with Crippen LogP contribution in [0, 0.1) is 0 Å². The van der Waals surface area contributed by atoms with Crippen molar-refractivity contribution in [2.45, 2.75) is 63.8 Å². The van der Waals surface area contributed by atoms with Crippen molar-refractivity contribution in [3.8, 4) is 0 Å². The summed E-state index contributed by atoms with van der Waals surface area (Å²) in [7, 11) is 0. The van der Waals surface area contributed by atoms with Gasteiger partial charge in [-0.1, -0.05) is 0 Å². The van der Waals surface area contributed by atoms with E-state index >= 15 is 0 Å². The van der Waals surface area contributed by atoms with Crippen molar-refractivity contribution < 1.29 is 19.1 Å². The number of hydrogen-bond acceptors (Lipinski definition) is 5. The minimum atomic E-state index is -0.498. The molecular formula is C15H23N3O4. The molecule has 0 aliphatic carbocycles. The summed E-state index contributed by atoms with van der Waals surface area (Å²) in [5, 5.41) is 2.41. The minimum Gasteiger partial charge on any atom is -0.444 e. The zero-order valence-electron chi connectivity index (χ0n) is 13.3. The van der Waals surface area contributed by atoms with Gasteiger partial charge >= 0.3 is 6.09 Å². The van der Waals surface area contributed by atoms with Crippen LogP contribution in [0.4, 0.5) is 4.79 Å². The normalized spacial score (nSPS) is 32.3. The van der Waals surface area contributed by atoms with E-state index in [9.17, 15) is 14.4 Å². The van der Waals surface area contributed by atoms with Crippen molar-refractivity contribution in [1.29, 1.82) is 0 Å². The van der Waals surface area contributed by atoms with Gasteiger partial charge in [0.15, 0.2) is 0 Å². The molecule has 0 aromatic carbocycles. The Morgan fingerprint density at radius 1 is 1.23 bits per heavy atom. The van der Waals surface area contributed by atoms with E-state index < -0.39 is 5.60 Å². The van der Waals surface area contributed by atoms with Crippen molar-refractivity contribution in [1.82, 2.24) is 15.1 Å². The number of nitrogens with zero attached hydrogens (tertiary/aromatic N) is 2. The molecule has 3 fully saturated rings. The first kappa shape index (κ1) is 15.3. The Balaban J connectivity index is 1.61. The molecule has 3 atom stereocenters. The lowest BCUT2D eigenvalue weighted by Gasteiger charge is -2.39. The second-order valence-corrected chi connectivity index (χ2v) is 7.34. The summed E-state index contributed by atoms with van der Waals surface area (Å²) in [6.45, 7) is 6.84. The quantitative estimate of drug-likeness (QED) is 0.713. The number of amides is 3. The van der Waals surface area contributed by atoms with Crippen LogP contribution in [0.15, 0.2) is 0 Å². The summed E-state index contributed by atoms with van der Waals surface area (Å²) in [6.07, 6.45) is 1.56. The molecule has 7 heteroatoms. The van der Waals surface area contributed by atoms with Crippen molar-refractivity contribution in [3.63, 3.8) is 0 Å². The van der Waals surface area contributed by atoms with E-state index in [1.165, 1.54) is 0 Å². The van der Waals surface area contributed by atoms with Crippen molar-refractivity contribution in [3.05, 3.63) is 0 Å². The van der Waals surface area contributed by atoms with E-state index in [0.29, 0.717) is 25.9 Å². The monoisotopic (exact) mass is 309 g/mol. The molecule has 122 valence electrons. The second-order valence-electron chi connectivity index (χ2n) is 7.34. The van der Waals surface area contributed by atoms with E-state index in [1.54, 1.807) is 4.90 Å². The molecule has 3 aliphatic heterocycles. The van der Waals surface area contributed by atoms with Gasteiger partial charge in [-0.05, 0) is 33.6 Å². The summed E-state index contributed by atoms with van der Waals surface area (Å²) in [5.74, 6) is -0.395. The maximum Gasteiger partial charge on any atom is 0.410 e. The molecule has 3 saturated heterocycles. The van der Waals surface area contributed by atoms with E-state index in [4.69, 9.17) is 4.74 Å². The van der Waals surface area contributed by atoms with Gasteiger partial charge in [0, 0.05) is 31.6 Å². The van der Waals surface area contributed by atoms with Gasteiger partial charge in [-0.15, -0.1) is 0 Å². The fourth-order valence-corrected chi connectivity index (χ4v) is 3.62. The Morgan fingerprint density at radius 2 is 1.95 bits per heavy atom. The highest BCUT2D eigenvalue weighted by Crippen LogP contribution is 2.34. The number of nitrogens with one attached hydrogen (secondary N) is 1. The highest BCUT2D eigenvalue weighted by Gasteiger charge is 2.50. The highest BCUT2D eigenvalue weighted by molar-refractivity contribution is 6.00. The summed E-state index contributed by atoms with van der Waals surface area (Å²) in [6, 6.07) is 0.0419. The van der Waals surface area contributed by atoms with E-state index in [0.717, 1.165) is 6.42 Å². The molecule has 1 unspecified atom stereocenters. The Kier molecular flexibility index (Phi) is 3.63. The van der Waals surface area contributed by atoms with Crippen LogP contribution in [0.5, 0.6) is 0 Å². The van der Waals surface area contributed by atoms with Crippen LogP contribution in [-0.2, 0) is 14.3 Å². The fourth-order valence-electron chi connectivity index (χ4n) is 3.62. The smallest absolute Gasteiger partial charge is 0.410 e. The number of ether oxygens (including phenoxy) is 1. The van der Waals surface area contributed by atoms with Gasteiger partial charge in [-0.25, -0.2) is 4.79 Å². The molecule has 0 aromatic heterocycles. The molecule has 3 heterocycles. The van der Waals surface area contributed by atoms with Crippen LogP contribution in [-0.4, -0.2) is 64.5 Å². The average Bonchev–Trinajstić information content (AvgIpc) is 2.96. The second kappa shape index (κ2) is 5.22. The Bertz CT molecular complexity index is 513. The largest absolute Gasteiger partial charge is 0.444 e. The number of fused-ring (bicyclic) bond motifs is 2. The van der Waals surface area contributed by atoms with Crippen LogP contribution in [0.2, 0.25) is 0 Å². The predicted molar refractivity (Wildman–Crippen MR) is 78.0 cm³/mol. The number of piperidine rings is 1. The van der Waals surface area contributed by atoms with Crippen molar-refractivity contribution in [2.24, 2.45) is 0 Å². The number of hydrogen-bond donors (Lipinski definition) is 1. The zero-order valence-corrected chi connectivity index (χ0v) is 13.3. The lowest BCUT2D eigenvalue weighted by atomic mass is 10.0. The molecule has 22 heavy (non-hydrogen) atoms. The first-order chi connectivity index (χ1) is 10.2. The van der Waals surface area contributed by atoms with Crippen molar-refractivity contribution in [2.75, 3.05) is 13.1 Å². The topological polar surface area (TPSA) is 79.0 Å². The summed E-state index contributed by atoms with van der Waals surface area (Å²) >= 11 is 0. The molecule has 0 aromatic rings. The van der Waals surface area contributed by atoms with E-state index in [-0.39, 0.29) is 36.0 Å². The molecule has 7 nitrogen and oxygen atoms in total. The van der Waals surface area contributed by atoms with Crippen LogP contribution in [0.3, 0.4) is 0 Å². The fraction of sp³-hybridized carbons (Fsp3) is 0.800. The Hall–Kier alpha value is -1.63. The van der Waals surface area contributed by atoms with Crippen LogP contribution in [0.25, 0.3) is 0 Å². The van der Waals surface area contributed by atoms with Crippen LogP contribution < -0.4 is 5.32 Å². The number of imide groups is 1. The van der Waals surface area contributed by atoms with Crippen LogP contribution in [0.1, 0.15) is 40.0 Å². The third-order valence-corrected chi connectivity index (χ3v) is 4.52. The standard InChI is InChI=1S/C15H23N3O4/c1-15(2,3)22-14(21)18-8-9-6-10(18)7-17(9)11-4-5-12(19)16-13(11)20/h9-11H,4-8H2,1-3H3,(H,16,19,20)/t9-,10-,11?/m1/s1. The molecule has 3 aliphatic rings. The van der Waals surface area contributed by atoms with Gasteiger partial charge in [0.2, 0.25) is 11.8 Å². The minimum absolute atomic E-state index is 0.102. The van der Waals surface area contributed by atoms with Gasteiger partial charge in [0.05, 0.1) is 6.04 Å². The number of carbonyl (C=O) groups is 3. The van der Waals surface area contributed by atoms with E-state index in [1.807, 2.05) is 20.8 Å². The SMILES string of the molecule is CC(C)(C)OC(=O)N1C[C@H]2C[C@@H]1CN2C1CCC(=O)NC1=O. The Labute approximate surface area is 129 Å². The highest BCUT2D eigenvalue weighted by atomic mass is 16.6. The van der Waals surface area contributed by atoms with Gasteiger partial charge in [-0.2, -0.15) is 0 Å². The van der Waals surface area contributed by atoms with Crippen molar-refractivity contribution >= 4 is 17.9 Å². The van der Waals surface area contributed by atoms with Crippen LogP contribution >= 0.6 is 0 Å². The first-order valence-electron chi connectivity index (χ1n) is 7.83. The molecule has 2 bridgehead atoms. The van der Waals surface area contributed by atoms with Gasteiger partial charge in [0.25, 0.3) is 0 Å².